The fraction of sp³-hybridized carbons (Fsp3) is 0.211. The Morgan fingerprint density at radius 2 is 2.00 bits per heavy atom. The number of nitrogens with zero attached hydrogens (tertiary/aromatic N) is 1. The minimum atomic E-state index is -0.489. The molecule has 3 nitrogen and oxygen atoms in total. The van der Waals surface area contributed by atoms with Crippen molar-refractivity contribution in [3.63, 3.8) is 0 Å². The van der Waals surface area contributed by atoms with Crippen LogP contribution in [0.2, 0.25) is 10.0 Å². The summed E-state index contributed by atoms with van der Waals surface area (Å²) in [6.07, 6.45) is 9.16. The normalized spacial score (nSPS) is 12.8. The molecule has 0 amide bonds. The van der Waals surface area contributed by atoms with Crippen LogP contribution in [0.1, 0.15) is 32.5 Å². The molecule has 1 aromatic heterocycles. The van der Waals surface area contributed by atoms with E-state index < -0.39 is 6.04 Å². The smallest absolute Gasteiger partial charge is 0.265 e. The number of terminal acetylenes is 1. The molecule has 0 aliphatic heterocycles. The molecule has 0 radical (unpaired) electrons. The summed E-state index contributed by atoms with van der Waals surface area (Å²) in [5, 5.41) is 1.59. The fourth-order valence-corrected chi connectivity index (χ4v) is 3.13. The molecule has 2 N–H and O–H groups in total. The van der Waals surface area contributed by atoms with Gasteiger partial charge in [0.25, 0.3) is 5.56 Å². The average Bonchev–Trinajstić information content (AvgIpc) is 2.51. The number of halogens is 2. The molecule has 2 aromatic rings. The van der Waals surface area contributed by atoms with Crippen molar-refractivity contribution in [1.29, 1.82) is 0 Å². The zero-order chi connectivity index (χ0) is 18.0. The molecular formula is C19H18Cl2N2O. The Hall–Kier alpha value is -1.99. The maximum absolute atomic E-state index is 13.1. The molecule has 0 spiro atoms. The number of hydrogen-bond acceptors (Lipinski definition) is 2. The van der Waals surface area contributed by atoms with E-state index >= 15 is 0 Å². The molecule has 124 valence electrons. The molecule has 1 atom stereocenters. The summed E-state index contributed by atoms with van der Waals surface area (Å²) >= 11 is 12.8. The van der Waals surface area contributed by atoms with Crippen molar-refractivity contribution < 1.29 is 0 Å². The van der Waals surface area contributed by atoms with Crippen molar-refractivity contribution in [3.8, 4) is 12.3 Å². The van der Waals surface area contributed by atoms with Crippen molar-refractivity contribution in [2.45, 2.75) is 26.8 Å². The van der Waals surface area contributed by atoms with Crippen molar-refractivity contribution >= 4 is 39.7 Å². The Balaban J connectivity index is 3.05. The first-order chi connectivity index (χ1) is 11.3. The van der Waals surface area contributed by atoms with Crippen LogP contribution in [0.3, 0.4) is 0 Å². The summed E-state index contributed by atoms with van der Waals surface area (Å²) in [4.78, 5) is 13.1. The SMILES string of the molecule is C#C/C(=C\C=C(C)C)n1c([C@H](C)N)c(Cl)c2cccc(Cl)c2c1=O. The molecule has 0 saturated carbocycles. The van der Waals surface area contributed by atoms with Crippen LogP contribution in [0, 0.1) is 12.3 Å². The highest BCUT2D eigenvalue weighted by molar-refractivity contribution is 6.40. The second-order valence-electron chi connectivity index (χ2n) is 5.73. The molecular weight excluding hydrogens is 343 g/mol. The first kappa shape index (κ1) is 18.4. The topological polar surface area (TPSA) is 48.0 Å². The molecule has 0 bridgehead atoms. The summed E-state index contributed by atoms with van der Waals surface area (Å²) in [5.41, 5.74) is 7.60. The molecule has 0 aliphatic rings. The van der Waals surface area contributed by atoms with Crippen LogP contribution in [0.4, 0.5) is 0 Å². The van der Waals surface area contributed by atoms with Gasteiger partial charge in [-0.1, -0.05) is 52.9 Å². The van der Waals surface area contributed by atoms with E-state index in [2.05, 4.69) is 5.92 Å². The minimum Gasteiger partial charge on any atom is -0.323 e. The van der Waals surface area contributed by atoms with Gasteiger partial charge in [0.05, 0.1) is 26.8 Å². The van der Waals surface area contributed by atoms with E-state index in [0.29, 0.717) is 32.2 Å². The van der Waals surface area contributed by atoms with Gasteiger partial charge in [-0.25, -0.2) is 0 Å². The predicted octanol–water partition coefficient (Wildman–Crippen LogP) is 4.77. The van der Waals surface area contributed by atoms with Crippen LogP contribution in [0.25, 0.3) is 16.5 Å². The van der Waals surface area contributed by atoms with Gasteiger partial charge in [0.15, 0.2) is 0 Å². The fourth-order valence-electron chi connectivity index (χ4n) is 2.46. The lowest BCUT2D eigenvalue weighted by Gasteiger charge is -2.19. The summed E-state index contributed by atoms with van der Waals surface area (Å²) < 4.78 is 1.38. The van der Waals surface area contributed by atoms with Gasteiger partial charge in [0.1, 0.15) is 0 Å². The average molecular weight is 361 g/mol. The van der Waals surface area contributed by atoms with Crippen molar-refractivity contribution in [1.82, 2.24) is 4.57 Å². The highest BCUT2D eigenvalue weighted by Gasteiger charge is 2.21. The van der Waals surface area contributed by atoms with E-state index in [-0.39, 0.29) is 5.56 Å². The van der Waals surface area contributed by atoms with E-state index in [9.17, 15) is 4.79 Å². The van der Waals surface area contributed by atoms with Gasteiger partial charge in [-0.2, -0.15) is 0 Å². The van der Waals surface area contributed by atoms with E-state index in [1.165, 1.54) is 4.57 Å². The van der Waals surface area contributed by atoms with Gasteiger partial charge in [-0.05, 0) is 32.9 Å². The number of allylic oxidation sites excluding steroid dienone is 4. The van der Waals surface area contributed by atoms with Crippen molar-refractivity contribution in [2.24, 2.45) is 5.73 Å². The minimum absolute atomic E-state index is 0.322. The quantitative estimate of drug-likeness (QED) is 0.632. The molecule has 2 rings (SSSR count). The van der Waals surface area contributed by atoms with Crippen LogP contribution < -0.4 is 11.3 Å². The summed E-state index contributed by atoms with van der Waals surface area (Å²) in [6.45, 7) is 5.62. The zero-order valence-electron chi connectivity index (χ0n) is 13.7. The number of aromatic nitrogens is 1. The van der Waals surface area contributed by atoms with E-state index in [0.717, 1.165) is 5.57 Å². The predicted molar refractivity (Wildman–Crippen MR) is 103 cm³/mol. The molecule has 0 fully saturated rings. The first-order valence-electron chi connectivity index (χ1n) is 7.40. The lowest BCUT2D eigenvalue weighted by atomic mass is 10.1. The maximum Gasteiger partial charge on any atom is 0.265 e. The number of pyridine rings is 1. The second kappa shape index (κ2) is 7.27. The van der Waals surface area contributed by atoms with Gasteiger partial charge in [0.2, 0.25) is 0 Å². The van der Waals surface area contributed by atoms with Crippen molar-refractivity contribution in [2.75, 3.05) is 0 Å². The Morgan fingerprint density at radius 1 is 1.33 bits per heavy atom. The van der Waals surface area contributed by atoms with E-state index in [4.69, 9.17) is 35.4 Å². The van der Waals surface area contributed by atoms with Crippen LogP contribution in [-0.4, -0.2) is 4.57 Å². The molecule has 24 heavy (non-hydrogen) atoms. The van der Waals surface area contributed by atoms with Gasteiger partial charge in [-0.3, -0.25) is 9.36 Å². The van der Waals surface area contributed by atoms with Gasteiger partial charge >= 0.3 is 0 Å². The number of rotatable bonds is 3. The number of benzene rings is 1. The lowest BCUT2D eigenvalue weighted by Crippen LogP contribution is -2.27. The van der Waals surface area contributed by atoms with E-state index in [1.807, 2.05) is 19.9 Å². The summed E-state index contributed by atoms with van der Waals surface area (Å²) in [5.74, 6) is 2.54. The molecule has 5 heteroatoms. The van der Waals surface area contributed by atoms with Gasteiger partial charge < -0.3 is 5.73 Å². The van der Waals surface area contributed by atoms with Crippen LogP contribution in [0.15, 0.2) is 40.7 Å². The Morgan fingerprint density at radius 3 is 2.54 bits per heavy atom. The maximum atomic E-state index is 13.1. The number of fused-ring (bicyclic) bond motifs is 1. The lowest BCUT2D eigenvalue weighted by molar-refractivity contribution is 0.744. The second-order valence-corrected chi connectivity index (χ2v) is 6.52. The van der Waals surface area contributed by atoms with Crippen LogP contribution in [0.5, 0.6) is 0 Å². The highest BCUT2D eigenvalue weighted by Crippen LogP contribution is 2.32. The summed E-state index contributed by atoms with van der Waals surface area (Å²) in [7, 11) is 0. The number of nitrogens with two attached hydrogens (primary N) is 1. The van der Waals surface area contributed by atoms with Gasteiger partial charge in [0, 0.05) is 11.4 Å². The van der Waals surface area contributed by atoms with Crippen LogP contribution in [-0.2, 0) is 0 Å². The molecule has 1 aromatic carbocycles. The molecule has 0 saturated heterocycles. The number of hydrogen-bond donors (Lipinski definition) is 1. The molecule has 0 unspecified atom stereocenters. The Bertz CT molecular complexity index is 956. The highest BCUT2D eigenvalue weighted by atomic mass is 35.5. The molecule has 1 heterocycles. The zero-order valence-corrected chi connectivity index (χ0v) is 15.2. The monoisotopic (exact) mass is 360 g/mol. The third-order valence-electron chi connectivity index (χ3n) is 3.53. The Labute approximate surface area is 151 Å². The largest absolute Gasteiger partial charge is 0.323 e. The Kier molecular flexibility index (Phi) is 5.56. The van der Waals surface area contributed by atoms with Gasteiger partial charge in [-0.15, -0.1) is 6.42 Å². The van der Waals surface area contributed by atoms with Crippen molar-refractivity contribution in [3.05, 3.63) is 62.0 Å². The first-order valence-corrected chi connectivity index (χ1v) is 8.15. The van der Waals surface area contributed by atoms with Crippen LogP contribution >= 0.6 is 23.2 Å². The standard InChI is InChI=1S/C19H18Cl2N2O/c1-5-13(10-9-11(2)3)23-18(12(4)22)17(21)14-7-6-8-15(20)16(14)19(23)24/h1,6-10,12H,22H2,2-4H3/b13-10+/t12-/m0/s1. The summed E-state index contributed by atoms with van der Waals surface area (Å²) in [6, 6.07) is 4.65. The third-order valence-corrected chi connectivity index (χ3v) is 4.24. The van der Waals surface area contributed by atoms with E-state index in [1.54, 1.807) is 31.2 Å². The third kappa shape index (κ3) is 3.27. The molecule has 0 aliphatic carbocycles.